The van der Waals surface area contributed by atoms with Crippen LogP contribution in [0.5, 0.6) is 11.5 Å². The number of nitrogens with one attached hydrogen (secondary N) is 1. The van der Waals surface area contributed by atoms with E-state index in [4.69, 9.17) is 32.7 Å². The molecule has 2 aromatic rings. The highest BCUT2D eigenvalue weighted by Crippen LogP contribution is 2.39. The fourth-order valence-electron chi connectivity index (χ4n) is 2.40. The minimum atomic E-state index is -0.487. The second-order valence-electron chi connectivity index (χ2n) is 5.74. The molecule has 0 unspecified atom stereocenters. The molecule has 0 bridgehead atoms. The molecule has 0 saturated heterocycles. The number of amides is 2. The lowest BCUT2D eigenvalue weighted by Crippen LogP contribution is -2.40. The number of benzene rings is 1. The van der Waals surface area contributed by atoms with E-state index in [0.29, 0.717) is 30.3 Å². The van der Waals surface area contributed by atoms with Gasteiger partial charge in [0.1, 0.15) is 5.75 Å². The van der Waals surface area contributed by atoms with Crippen molar-refractivity contribution in [3.8, 4) is 11.5 Å². The number of urea groups is 1. The molecule has 28 heavy (non-hydrogen) atoms. The molecule has 1 aromatic carbocycles. The van der Waals surface area contributed by atoms with Crippen molar-refractivity contribution in [2.45, 2.75) is 6.54 Å². The summed E-state index contributed by atoms with van der Waals surface area (Å²) in [6.45, 7) is 4.36. The standard InChI is InChI=1S/C18H16Cl2N4O4/c1-11-9-21-24(18(26)22-11)12-7-14(19)17(15(20)8-12)28-13-3-4-16(25)23(10-13)5-6-27-2/h3-4,7-10H,1,5-6H2,2H3,(H,22,26). The number of methoxy groups -OCH3 is 1. The summed E-state index contributed by atoms with van der Waals surface area (Å²) in [6.07, 6.45) is 2.94. The Kier molecular flexibility index (Phi) is 6.03. The predicted molar refractivity (Wildman–Crippen MR) is 108 cm³/mol. The zero-order valence-electron chi connectivity index (χ0n) is 14.8. The molecule has 0 radical (unpaired) electrons. The Balaban J connectivity index is 1.88. The predicted octanol–water partition coefficient (Wildman–Crippen LogP) is 3.62. The Bertz CT molecular complexity index is 996. The van der Waals surface area contributed by atoms with E-state index in [9.17, 15) is 9.59 Å². The number of pyridine rings is 1. The Morgan fingerprint density at radius 1 is 1.21 bits per heavy atom. The SMILES string of the molecule is C=C1C=NN(c2cc(Cl)c(Oc3ccc(=O)n(CCOC)c3)c(Cl)c2)C(=O)N1. The highest BCUT2D eigenvalue weighted by Gasteiger charge is 2.22. The molecule has 2 amide bonds. The molecule has 0 spiro atoms. The van der Waals surface area contributed by atoms with Crippen molar-refractivity contribution in [3.05, 3.63) is 63.1 Å². The van der Waals surface area contributed by atoms with Crippen LogP contribution in [0.25, 0.3) is 0 Å². The maximum atomic E-state index is 12.0. The fourth-order valence-corrected chi connectivity index (χ4v) is 2.96. The third kappa shape index (κ3) is 4.36. The highest BCUT2D eigenvalue weighted by atomic mass is 35.5. The Labute approximate surface area is 170 Å². The average molecular weight is 423 g/mol. The van der Waals surface area contributed by atoms with Gasteiger partial charge in [0.25, 0.3) is 5.56 Å². The molecule has 1 aliphatic rings. The van der Waals surface area contributed by atoms with E-state index in [1.807, 2.05) is 0 Å². The Morgan fingerprint density at radius 2 is 1.93 bits per heavy atom. The number of hydrazone groups is 1. The van der Waals surface area contributed by atoms with E-state index < -0.39 is 6.03 Å². The van der Waals surface area contributed by atoms with Crippen LogP contribution >= 0.6 is 23.2 Å². The van der Waals surface area contributed by atoms with Gasteiger partial charge in [-0.2, -0.15) is 10.1 Å². The molecular weight excluding hydrogens is 407 g/mol. The number of carbonyl (C=O) groups is 1. The molecule has 0 fully saturated rings. The van der Waals surface area contributed by atoms with Crippen molar-refractivity contribution in [1.29, 1.82) is 0 Å². The number of allylic oxidation sites excluding steroid dienone is 1. The number of ether oxygens (including phenoxy) is 2. The molecule has 146 valence electrons. The third-order valence-electron chi connectivity index (χ3n) is 3.73. The van der Waals surface area contributed by atoms with Crippen molar-refractivity contribution >= 4 is 41.1 Å². The van der Waals surface area contributed by atoms with Crippen molar-refractivity contribution in [2.24, 2.45) is 5.10 Å². The minimum Gasteiger partial charge on any atom is -0.453 e. The van der Waals surface area contributed by atoms with E-state index in [1.165, 1.54) is 41.2 Å². The normalized spacial score (nSPS) is 13.6. The highest BCUT2D eigenvalue weighted by molar-refractivity contribution is 6.37. The number of anilines is 1. The molecule has 10 heteroatoms. The van der Waals surface area contributed by atoms with Crippen LogP contribution in [0.1, 0.15) is 0 Å². The minimum absolute atomic E-state index is 0.171. The average Bonchev–Trinajstić information content (AvgIpc) is 2.64. The van der Waals surface area contributed by atoms with E-state index in [1.54, 1.807) is 7.11 Å². The number of hydrogen-bond donors (Lipinski definition) is 1. The van der Waals surface area contributed by atoms with Crippen molar-refractivity contribution in [1.82, 2.24) is 9.88 Å². The van der Waals surface area contributed by atoms with Crippen molar-refractivity contribution in [3.63, 3.8) is 0 Å². The van der Waals surface area contributed by atoms with Gasteiger partial charge in [-0.1, -0.05) is 29.8 Å². The van der Waals surface area contributed by atoms with Gasteiger partial charge in [-0.15, -0.1) is 0 Å². The summed E-state index contributed by atoms with van der Waals surface area (Å²) >= 11 is 12.6. The molecule has 0 aliphatic carbocycles. The van der Waals surface area contributed by atoms with Gasteiger partial charge in [-0.05, 0) is 18.2 Å². The van der Waals surface area contributed by atoms with E-state index in [-0.39, 0.29) is 21.4 Å². The summed E-state index contributed by atoms with van der Waals surface area (Å²) in [5.41, 5.74) is 0.545. The van der Waals surface area contributed by atoms with Gasteiger partial charge in [0, 0.05) is 25.9 Å². The Morgan fingerprint density at radius 3 is 2.57 bits per heavy atom. The van der Waals surface area contributed by atoms with Gasteiger partial charge in [-0.3, -0.25) is 4.79 Å². The lowest BCUT2D eigenvalue weighted by molar-refractivity contribution is 0.186. The second kappa shape index (κ2) is 8.47. The summed E-state index contributed by atoms with van der Waals surface area (Å²) in [5, 5.41) is 7.97. The number of rotatable bonds is 6. The molecule has 8 nitrogen and oxygen atoms in total. The van der Waals surface area contributed by atoms with Gasteiger partial charge in [0.2, 0.25) is 0 Å². The van der Waals surface area contributed by atoms with Crippen molar-refractivity contribution in [2.75, 3.05) is 18.7 Å². The van der Waals surface area contributed by atoms with E-state index in [2.05, 4.69) is 17.0 Å². The van der Waals surface area contributed by atoms with Crippen LogP contribution in [0, 0.1) is 0 Å². The van der Waals surface area contributed by atoms with Crippen LogP contribution in [0.4, 0.5) is 10.5 Å². The number of halogens is 2. The van der Waals surface area contributed by atoms with Gasteiger partial charge in [0.05, 0.1) is 34.3 Å². The zero-order chi connectivity index (χ0) is 20.3. The van der Waals surface area contributed by atoms with E-state index >= 15 is 0 Å². The van der Waals surface area contributed by atoms with Gasteiger partial charge >= 0.3 is 6.03 Å². The van der Waals surface area contributed by atoms with Crippen LogP contribution < -0.4 is 20.6 Å². The smallest absolute Gasteiger partial charge is 0.347 e. The maximum absolute atomic E-state index is 12.0. The molecule has 0 saturated carbocycles. The molecule has 0 atom stereocenters. The second-order valence-corrected chi connectivity index (χ2v) is 6.56. The fraction of sp³-hybridized carbons (Fsp3) is 0.167. The summed E-state index contributed by atoms with van der Waals surface area (Å²) in [4.78, 5) is 23.9. The van der Waals surface area contributed by atoms with Crippen molar-refractivity contribution < 1.29 is 14.3 Å². The summed E-state index contributed by atoms with van der Waals surface area (Å²) in [5.74, 6) is 0.562. The maximum Gasteiger partial charge on any atom is 0.347 e. The first-order valence-corrected chi connectivity index (χ1v) is 8.85. The van der Waals surface area contributed by atoms with Gasteiger partial charge in [-0.25, -0.2) is 4.79 Å². The number of aromatic nitrogens is 1. The molecule has 1 N–H and O–H groups in total. The first-order chi connectivity index (χ1) is 13.4. The van der Waals surface area contributed by atoms with E-state index in [0.717, 1.165) is 5.01 Å². The first-order valence-electron chi connectivity index (χ1n) is 8.09. The lowest BCUT2D eigenvalue weighted by Gasteiger charge is -2.22. The number of carbonyl (C=O) groups excluding carboxylic acids is 1. The third-order valence-corrected chi connectivity index (χ3v) is 4.29. The lowest BCUT2D eigenvalue weighted by atomic mass is 10.3. The quantitative estimate of drug-likeness (QED) is 0.769. The van der Waals surface area contributed by atoms with Crippen LogP contribution in [0.15, 0.2) is 52.6 Å². The summed E-state index contributed by atoms with van der Waals surface area (Å²) in [7, 11) is 1.55. The molecule has 1 aromatic heterocycles. The van der Waals surface area contributed by atoms with Crippen LogP contribution in [-0.2, 0) is 11.3 Å². The van der Waals surface area contributed by atoms with Crippen LogP contribution in [0.2, 0.25) is 10.0 Å². The molecule has 1 aliphatic heterocycles. The zero-order valence-corrected chi connectivity index (χ0v) is 16.3. The first kappa shape index (κ1) is 19.9. The van der Waals surface area contributed by atoms with Gasteiger partial charge in [0.15, 0.2) is 5.75 Å². The molecule has 2 heterocycles. The Hall–Kier alpha value is -2.81. The summed E-state index contributed by atoms with van der Waals surface area (Å²) < 4.78 is 12.2. The molecule has 3 rings (SSSR count). The number of nitrogens with zero attached hydrogens (tertiary/aromatic N) is 3. The summed E-state index contributed by atoms with van der Waals surface area (Å²) in [6, 6.07) is 5.39. The van der Waals surface area contributed by atoms with Crippen LogP contribution in [-0.4, -0.2) is 30.5 Å². The monoisotopic (exact) mass is 422 g/mol. The van der Waals surface area contributed by atoms with Crippen LogP contribution in [0.3, 0.4) is 0 Å². The topological polar surface area (TPSA) is 85.2 Å². The van der Waals surface area contributed by atoms with Gasteiger partial charge < -0.3 is 19.4 Å². The number of hydrogen-bond acceptors (Lipinski definition) is 5. The molecular formula is C18H16Cl2N4O4. The largest absolute Gasteiger partial charge is 0.453 e.